The van der Waals surface area contributed by atoms with Crippen molar-refractivity contribution in [1.82, 2.24) is 0 Å². The smallest absolute Gasteiger partial charge is 0.261 e. The normalized spacial score (nSPS) is 12.1. The van der Waals surface area contributed by atoms with E-state index in [9.17, 15) is 16.8 Å². The zero-order valence-corrected chi connectivity index (χ0v) is 14.1. The Balaban J connectivity index is 2.32. The Labute approximate surface area is 131 Å². The van der Waals surface area contributed by atoms with Crippen LogP contribution in [0.5, 0.6) is 0 Å². The van der Waals surface area contributed by atoms with E-state index < -0.39 is 19.9 Å². The first-order valence-corrected chi connectivity index (χ1v) is 9.87. The zero-order valence-electron chi connectivity index (χ0n) is 12.5. The van der Waals surface area contributed by atoms with E-state index in [1.54, 1.807) is 12.1 Å². The fraction of sp³-hybridized carbons (Fsp3) is 0.200. The fourth-order valence-corrected chi connectivity index (χ4v) is 3.56. The van der Waals surface area contributed by atoms with Gasteiger partial charge in [0.05, 0.1) is 9.79 Å². The highest BCUT2D eigenvalue weighted by molar-refractivity contribution is 7.92. The molecule has 0 unspecified atom stereocenters. The molecule has 0 radical (unpaired) electrons. The molecule has 0 aliphatic carbocycles. The molecule has 2 aromatic carbocycles. The van der Waals surface area contributed by atoms with Gasteiger partial charge in [-0.3, -0.25) is 4.72 Å². The first-order valence-electron chi connectivity index (χ1n) is 6.50. The molecule has 0 aliphatic rings. The molecule has 0 saturated heterocycles. The van der Waals surface area contributed by atoms with Crippen LogP contribution in [0.25, 0.3) is 0 Å². The summed E-state index contributed by atoms with van der Waals surface area (Å²) in [5.74, 6) is 0. The predicted molar refractivity (Wildman–Crippen MR) is 86.3 cm³/mol. The second-order valence-electron chi connectivity index (χ2n) is 5.15. The summed E-state index contributed by atoms with van der Waals surface area (Å²) < 4.78 is 49.9. The minimum absolute atomic E-state index is 0.0122. The first kappa shape index (κ1) is 16.5. The minimum Gasteiger partial charge on any atom is -0.280 e. The zero-order chi connectivity index (χ0) is 16.5. The molecule has 0 fully saturated rings. The van der Waals surface area contributed by atoms with Gasteiger partial charge in [0, 0.05) is 11.9 Å². The highest BCUT2D eigenvalue weighted by Crippen LogP contribution is 2.20. The standard InChI is InChI=1S/C15H17NO4S2/c1-11-4-5-13(10-12(11)2)16-22(19,20)15-8-6-14(7-9-15)21(3,17)18/h4-10,16H,1-3H3. The number of aryl methyl sites for hydroxylation is 2. The minimum atomic E-state index is -3.75. The maximum atomic E-state index is 12.3. The third-order valence-corrected chi connectivity index (χ3v) is 5.85. The van der Waals surface area contributed by atoms with E-state index in [0.29, 0.717) is 5.69 Å². The molecule has 0 atom stereocenters. The molecular formula is C15H17NO4S2. The van der Waals surface area contributed by atoms with E-state index in [2.05, 4.69) is 4.72 Å². The largest absolute Gasteiger partial charge is 0.280 e. The van der Waals surface area contributed by atoms with Crippen molar-refractivity contribution in [2.75, 3.05) is 11.0 Å². The number of sulfonamides is 1. The van der Waals surface area contributed by atoms with Crippen LogP contribution in [0, 0.1) is 13.8 Å². The van der Waals surface area contributed by atoms with E-state index in [-0.39, 0.29) is 9.79 Å². The van der Waals surface area contributed by atoms with Crippen LogP contribution in [0.2, 0.25) is 0 Å². The number of hydrogen-bond acceptors (Lipinski definition) is 4. The number of nitrogens with one attached hydrogen (secondary N) is 1. The average molecular weight is 339 g/mol. The van der Waals surface area contributed by atoms with E-state index in [1.807, 2.05) is 19.9 Å². The summed E-state index contributed by atoms with van der Waals surface area (Å²) in [5.41, 5.74) is 2.52. The van der Waals surface area contributed by atoms with Crippen LogP contribution in [0.4, 0.5) is 5.69 Å². The van der Waals surface area contributed by atoms with Crippen molar-refractivity contribution >= 4 is 25.5 Å². The molecule has 7 heteroatoms. The molecule has 0 heterocycles. The van der Waals surface area contributed by atoms with Gasteiger partial charge in [-0.15, -0.1) is 0 Å². The second kappa shape index (κ2) is 5.73. The summed E-state index contributed by atoms with van der Waals surface area (Å²) in [7, 11) is -7.10. The monoisotopic (exact) mass is 339 g/mol. The van der Waals surface area contributed by atoms with Crippen LogP contribution in [0.15, 0.2) is 52.3 Å². The van der Waals surface area contributed by atoms with Gasteiger partial charge >= 0.3 is 0 Å². The molecule has 0 bridgehead atoms. The van der Waals surface area contributed by atoms with Gasteiger partial charge in [0.25, 0.3) is 10.0 Å². The molecule has 0 saturated carbocycles. The van der Waals surface area contributed by atoms with Crippen molar-refractivity contribution in [2.24, 2.45) is 0 Å². The third kappa shape index (κ3) is 3.66. The molecule has 0 amide bonds. The maximum Gasteiger partial charge on any atom is 0.261 e. The van der Waals surface area contributed by atoms with Gasteiger partial charge in [-0.2, -0.15) is 0 Å². The summed E-state index contributed by atoms with van der Waals surface area (Å²) in [6.45, 7) is 3.84. The average Bonchev–Trinajstić information content (AvgIpc) is 2.42. The predicted octanol–water partition coefficient (Wildman–Crippen LogP) is 2.51. The van der Waals surface area contributed by atoms with Crippen molar-refractivity contribution in [1.29, 1.82) is 0 Å². The Kier molecular flexibility index (Phi) is 4.30. The number of benzene rings is 2. The Morgan fingerprint density at radius 2 is 1.32 bits per heavy atom. The first-order chi connectivity index (χ1) is 10.1. The number of sulfone groups is 1. The van der Waals surface area contributed by atoms with Crippen LogP contribution in [-0.2, 0) is 19.9 Å². The van der Waals surface area contributed by atoms with Crippen LogP contribution in [0.3, 0.4) is 0 Å². The molecule has 0 aromatic heterocycles. The van der Waals surface area contributed by atoms with Gasteiger partial charge in [-0.25, -0.2) is 16.8 Å². The number of rotatable bonds is 4. The molecule has 118 valence electrons. The van der Waals surface area contributed by atoms with Gasteiger partial charge in [-0.1, -0.05) is 6.07 Å². The van der Waals surface area contributed by atoms with E-state index in [1.165, 1.54) is 24.3 Å². The van der Waals surface area contributed by atoms with Crippen LogP contribution in [0.1, 0.15) is 11.1 Å². The van der Waals surface area contributed by atoms with Crippen LogP contribution in [-0.4, -0.2) is 23.1 Å². The van der Waals surface area contributed by atoms with E-state index in [0.717, 1.165) is 17.4 Å². The van der Waals surface area contributed by atoms with Gasteiger partial charge < -0.3 is 0 Å². The molecule has 0 aliphatic heterocycles. The lowest BCUT2D eigenvalue weighted by Crippen LogP contribution is -2.13. The summed E-state index contributed by atoms with van der Waals surface area (Å²) in [6, 6.07) is 10.4. The van der Waals surface area contributed by atoms with Gasteiger partial charge in [0.1, 0.15) is 0 Å². The summed E-state index contributed by atoms with van der Waals surface area (Å²) in [4.78, 5) is 0.0933. The fourth-order valence-electron chi connectivity index (χ4n) is 1.88. The quantitative estimate of drug-likeness (QED) is 0.928. The molecule has 2 rings (SSSR count). The topological polar surface area (TPSA) is 80.3 Å². The van der Waals surface area contributed by atoms with Crippen molar-refractivity contribution in [3.05, 3.63) is 53.6 Å². The van der Waals surface area contributed by atoms with Crippen molar-refractivity contribution < 1.29 is 16.8 Å². The Bertz CT molecular complexity index is 899. The lowest BCUT2D eigenvalue weighted by molar-refractivity contribution is 0.597. The Morgan fingerprint density at radius 3 is 1.82 bits per heavy atom. The SMILES string of the molecule is Cc1ccc(NS(=O)(=O)c2ccc(S(C)(=O)=O)cc2)cc1C. The van der Waals surface area contributed by atoms with Crippen molar-refractivity contribution in [3.63, 3.8) is 0 Å². The van der Waals surface area contributed by atoms with E-state index in [4.69, 9.17) is 0 Å². The summed E-state index contributed by atoms with van der Waals surface area (Å²) >= 11 is 0. The van der Waals surface area contributed by atoms with Gasteiger partial charge in [0.2, 0.25) is 0 Å². The summed E-state index contributed by atoms with van der Waals surface area (Å²) in [5, 5.41) is 0. The molecule has 0 spiro atoms. The van der Waals surface area contributed by atoms with Crippen LogP contribution < -0.4 is 4.72 Å². The second-order valence-corrected chi connectivity index (χ2v) is 8.85. The Hall–Kier alpha value is -1.86. The number of anilines is 1. The van der Waals surface area contributed by atoms with Crippen molar-refractivity contribution in [2.45, 2.75) is 23.6 Å². The number of hydrogen-bond donors (Lipinski definition) is 1. The van der Waals surface area contributed by atoms with E-state index >= 15 is 0 Å². The third-order valence-electron chi connectivity index (χ3n) is 3.32. The van der Waals surface area contributed by atoms with Crippen molar-refractivity contribution in [3.8, 4) is 0 Å². The molecule has 5 nitrogen and oxygen atoms in total. The van der Waals surface area contributed by atoms with Gasteiger partial charge in [-0.05, 0) is 61.4 Å². The highest BCUT2D eigenvalue weighted by Gasteiger charge is 2.16. The molecule has 1 N–H and O–H groups in total. The maximum absolute atomic E-state index is 12.3. The highest BCUT2D eigenvalue weighted by atomic mass is 32.2. The Morgan fingerprint density at radius 1 is 0.773 bits per heavy atom. The summed E-state index contributed by atoms with van der Waals surface area (Å²) in [6.07, 6.45) is 1.07. The molecule has 2 aromatic rings. The van der Waals surface area contributed by atoms with Gasteiger partial charge in [0.15, 0.2) is 9.84 Å². The molecule has 22 heavy (non-hydrogen) atoms. The van der Waals surface area contributed by atoms with Crippen LogP contribution >= 0.6 is 0 Å². The lowest BCUT2D eigenvalue weighted by Gasteiger charge is -2.10. The lowest BCUT2D eigenvalue weighted by atomic mass is 10.1. The molecular weight excluding hydrogens is 322 g/mol.